The van der Waals surface area contributed by atoms with E-state index in [1.54, 1.807) is 25.1 Å². The molecule has 0 fully saturated rings. The molecule has 0 radical (unpaired) electrons. The third-order valence-electron chi connectivity index (χ3n) is 6.53. The van der Waals surface area contributed by atoms with Crippen molar-refractivity contribution in [1.29, 1.82) is 0 Å². The van der Waals surface area contributed by atoms with Crippen molar-refractivity contribution in [3.8, 4) is 11.5 Å². The van der Waals surface area contributed by atoms with E-state index in [1.165, 1.54) is 4.57 Å². The monoisotopic (exact) mass is 595 g/mol. The van der Waals surface area contributed by atoms with E-state index in [0.717, 1.165) is 22.2 Å². The molecule has 1 N–H and O–H groups in total. The molecule has 0 spiro atoms. The predicted molar refractivity (Wildman–Crippen MR) is 144 cm³/mol. The fraction of sp³-hybridized carbons (Fsp3) is 0.259. The van der Waals surface area contributed by atoms with Gasteiger partial charge >= 0.3 is 5.97 Å². The van der Waals surface area contributed by atoms with Gasteiger partial charge in [-0.3, -0.25) is 14.2 Å². The molecular weight excluding hydrogens is 574 g/mol. The number of rotatable bonds is 5. The molecule has 1 amide bonds. The van der Waals surface area contributed by atoms with Crippen LogP contribution in [-0.2, 0) is 14.3 Å². The topological polar surface area (TPSA) is 108 Å². The molecule has 194 valence electrons. The number of ether oxygens (including phenoxy) is 3. The highest BCUT2D eigenvalue weighted by atomic mass is 79.9. The zero-order chi connectivity index (χ0) is 26.6. The quantitative estimate of drug-likeness (QED) is 0.453. The molecule has 0 unspecified atom stereocenters. The third-order valence-corrected chi connectivity index (χ3v) is 8.08. The number of carbonyl (C=O) groups excluding carboxylic acids is 2. The Morgan fingerprint density at radius 3 is 2.79 bits per heavy atom. The Bertz CT molecular complexity index is 1740. The highest BCUT2D eigenvalue weighted by Crippen LogP contribution is 2.39. The predicted octanol–water partition coefficient (Wildman–Crippen LogP) is 3.39. The molecule has 0 aliphatic carbocycles. The molecule has 0 saturated carbocycles. The summed E-state index contributed by atoms with van der Waals surface area (Å²) in [5.41, 5.74) is 2.65. The molecule has 1 aromatic heterocycles. The smallest absolute Gasteiger partial charge is 0.338 e. The number of nitrogens with one attached hydrogen (secondary N) is 1. The van der Waals surface area contributed by atoms with Gasteiger partial charge in [0.25, 0.3) is 11.5 Å². The van der Waals surface area contributed by atoms with Crippen molar-refractivity contribution in [2.45, 2.75) is 32.7 Å². The van der Waals surface area contributed by atoms with Gasteiger partial charge in [0.05, 0.1) is 29.5 Å². The second-order valence-electron chi connectivity index (χ2n) is 8.87. The van der Waals surface area contributed by atoms with E-state index in [-0.39, 0.29) is 29.4 Å². The van der Waals surface area contributed by atoms with Crippen molar-refractivity contribution in [2.24, 2.45) is 4.99 Å². The summed E-state index contributed by atoms with van der Waals surface area (Å²) >= 11 is 4.60. The summed E-state index contributed by atoms with van der Waals surface area (Å²) in [6.07, 6.45) is 1.25. The third kappa shape index (κ3) is 3.88. The molecule has 3 aromatic rings. The van der Waals surface area contributed by atoms with Crippen LogP contribution in [0, 0.1) is 0 Å². The molecule has 3 aliphatic rings. The molecule has 4 heterocycles. The number of aromatic nitrogens is 1. The summed E-state index contributed by atoms with van der Waals surface area (Å²) in [7, 11) is 0. The van der Waals surface area contributed by atoms with E-state index in [1.807, 2.05) is 25.1 Å². The first-order valence-corrected chi connectivity index (χ1v) is 13.8. The van der Waals surface area contributed by atoms with E-state index in [0.29, 0.717) is 50.8 Å². The highest BCUT2D eigenvalue weighted by molar-refractivity contribution is 9.10. The van der Waals surface area contributed by atoms with E-state index in [2.05, 4.69) is 21.2 Å². The molecule has 2 aromatic carbocycles. The van der Waals surface area contributed by atoms with E-state index in [9.17, 15) is 14.4 Å². The van der Waals surface area contributed by atoms with E-state index < -0.39 is 17.6 Å². The number of hydrogen-bond donors (Lipinski definition) is 1. The van der Waals surface area contributed by atoms with Crippen LogP contribution in [0.25, 0.3) is 5.57 Å². The lowest BCUT2D eigenvalue weighted by molar-refractivity contribution is -0.139. The van der Waals surface area contributed by atoms with E-state index in [4.69, 9.17) is 19.2 Å². The number of esters is 1. The maximum Gasteiger partial charge on any atom is 0.338 e. The number of hydrogen-bond acceptors (Lipinski definition) is 8. The molecule has 38 heavy (non-hydrogen) atoms. The number of benzene rings is 2. The fourth-order valence-electron chi connectivity index (χ4n) is 4.93. The number of thiazole rings is 1. The first-order valence-electron chi connectivity index (χ1n) is 12.2. The standard InChI is InChI=1S/C27H22BrN3O6S/c1-3-5-17-21(26(34)35-4-2)22(13-6-9-18-19(10-13)37-12-36-18)31-25(33)23(38-27(31)30-17)20-15-11-14(28)7-8-16(15)29-24(20)32/h6-11,22H,3-5,12H2,1-2H3,(H,29,32)/b23-20-/t22-/m0/s1. The summed E-state index contributed by atoms with van der Waals surface area (Å²) in [4.78, 5) is 45.7. The normalized spacial score (nSPS) is 18.6. The van der Waals surface area contributed by atoms with Crippen LogP contribution >= 0.6 is 27.3 Å². The first kappa shape index (κ1) is 24.6. The molecule has 11 heteroatoms. The summed E-state index contributed by atoms with van der Waals surface area (Å²) in [5, 5.41) is 2.84. The Morgan fingerprint density at radius 2 is 2.00 bits per heavy atom. The number of fused-ring (bicyclic) bond motifs is 3. The van der Waals surface area contributed by atoms with Gasteiger partial charge < -0.3 is 19.5 Å². The number of halogens is 1. The highest BCUT2D eigenvalue weighted by Gasteiger charge is 2.36. The zero-order valence-corrected chi connectivity index (χ0v) is 22.9. The maximum absolute atomic E-state index is 14.1. The molecular formula is C27H22BrN3O6S. The molecule has 6 rings (SSSR count). The van der Waals surface area contributed by atoms with Crippen molar-refractivity contribution in [3.63, 3.8) is 0 Å². The Hall–Kier alpha value is -3.70. The average Bonchev–Trinajstić information content (AvgIpc) is 3.58. The van der Waals surface area contributed by atoms with Gasteiger partial charge in [-0.1, -0.05) is 46.7 Å². The van der Waals surface area contributed by atoms with Crippen LogP contribution in [-0.4, -0.2) is 29.8 Å². The minimum absolute atomic E-state index is 0.0939. The lowest BCUT2D eigenvalue weighted by atomic mass is 9.94. The summed E-state index contributed by atoms with van der Waals surface area (Å²) in [6.45, 7) is 4.00. The summed E-state index contributed by atoms with van der Waals surface area (Å²) in [5.74, 6) is 0.219. The fourth-order valence-corrected chi connectivity index (χ4v) is 6.41. The Morgan fingerprint density at radius 1 is 1.18 bits per heavy atom. The van der Waals surface area contributed by atoms with Gasteiger partial charge in [-0.15, -0.1) is 0 Å². The summed E-state index contributed by atoms with van der Waals surface area (Å²) < 4.78 is 19.0. The van der Waals surface area contributed by atoms with Crippen molar-refractivity contribution >= 4 is 50.4 Å². The Labute approximate surface area is 229 Å². The number of allylic oxidation sites excluding steroid dienone is 1. The van der Waals surface area contributed by atoms with Crippen LogP contribution in [0.5, 0.6) is 11.5 Å². The van der Waals surface area contributed by atoms with Crippen LogP contribution in [0.4, 0.5) is 5.69 Å². The van der Waals surface area contributed by atoms with Crippen LogP contribution < -0.4 is 29.7 Å². The van der Waals surface area contributed by atoms with Gasteiger partial charge in [0.15, 0.2) is 16.3 Å². The average molecular weight is 596 g/mol. The van der Waals surface area contributed by atoms with Crippen molar-refractivity contribution in [2.75, 3.05) is 18.7 Å². The second-order valence-corrected chi connectivity index (χ2v) is 10.8. The lowest BCUT2D eigenvalue weighted by Gasteiger charge is -2.25. The van der Waals surface area contributed by atoms with Gasteiger partial charge in [-0.05, 0) is 49.2 Å². The van der Waals surface area contributed by atoms with Crippen molar-refractivity contribution in [3.05, 3.63) is 83.0 Å². The molecule has 0 bridgehead atoms. The molecule has 0 saturated heterocycles. The number of nitrogens with zero attached hydrogens (tertiary/aromatic N) is 2. The lowest BCUT2D eigenvalue weighted by Crippen LogP contribution is -2.40. The van der Waals surface area contributed by atoms with Crippen LogP contribution in [0.1, 0.15) is 43.9 Å². The second kappa shape index (κ2) is 9.55. The number of carbonyl (C=O) groups is 2. The Balaban J connectivity index is 1.66. The SMILES string of the molecule is CCCC1=C(C(=O)OCC)[C@H](c2ccc3c(c2)OCO3)n2c(s/c(=C3\C(=O)Nc4ccc(Br)cc43)c2=O)=N1. The molecule has 3 aliphatic heterocycles. The van der Waals surface area contributed by atoms with Crippen LogP contribution in [0.3, 0.4) is 0 Å². The number of amides is 1. The summed E-state index contributed by atoms with van der Waals surface area (Å²) in [6, 6.07) is 9.94. The van der Waals surface area contributed by atoms with Crippen LogP contribution in [0.2, 0.25) is 0 Å². The van der Waals surface area contributed by atoms with Gasteiger partial charge in [-0.2, -0.15) is 0 Å². The Kier molecular flexibility index (Phi) is 6.19. The van der Waals surface area contributed by atoms with Gasteiger partial charge in [0, 0.05) is 15.7 Å². The minimum atomic E-state index is -0.817. The van der Waals surface area contributed by atoms with Gasteiger partial charge in [-0.25, -0.2) is 9.79 Å². The van der Waals surface area contributed by atoms with Crippen molar-refractivity contribution < 1.29 is 23.8 Å². The van der Waals surface area contributed by atoms with Gasteiger partial charge in [0.2, 0.25) is 6.79 Å². The molecule has 9 nitrogen and oxygen atoms in total. The molecule has 1 atom stereocenters. The van der Waals surface area contributed by atoms with Gasteiger partial charge in [0.1, 0.15) is 4.53 Å². The zero-order valence-electron chi connectivity index (χ0n) is 20.5. The number of anilines is 1. The maximum atomic E-state index is 14.1. The van der Waals surface area contributed by atoms with Crippen LogP contribution in [0.15, 0.2) is 61.9 Å². The first-order chi connectivity index (χ1) is 18.4. The van der Waals surface area contributed by atoms with E-state index >= 15 is 0 Å². The minimum Gasteiger partial charge on any atom is -0.463 e. The van der Waals surface area contributed by atoms with Crippen molar-refractivity contribution in [1.82, 2.24) is 4.57 Å². The largest absolute Gasteiger partial charge is 0.463 e.